The van der Waals surface area contributed by atoms with Gasteiger partial charge in [-0.3, -0.25) is 4.79 Å². The number of hydrogen-bond donors (Lipinski definition) is 3. The van der Waals surface area contributed by atoms with Gasteiger partial charge in [0.25, 0.3) is 5.91 Å². The fourth-order valence-electron chi connectivity index (χ4n) is 2.54. The Morgan fingerprint density at radius 3 is 2.73 bits per heavy atom. The first-order valence-corrected chi connectivity index (χ1v) is 9.78. The number of methoxy groups -OCH3 is 1. The van der Waals surface area contributed by atoms with Crippen molar-refractivity contribution in [2.75, 3.05) is 12.4 Å². The fourth-order valence-corrected chi connectivity index (χ4v) is 3.98. The van der Waals surface area contributed by atoms with Crippen molar-refractivity contribution in [2.24, 2.45) is 0 Å². The van der Waals surface area contributed by atoms with Crippen molar-refractivity contribution in [3.63, 3.8) is 0 Å². The van der Waals surface area contributed by atoms with Crippen LogP contribution in [-0.4, -0.2) is 23.6 Å². The number of ether oxygens (including phenoxy) is 1. The molecule has 3 rings (SSSR count). The summed E-state index contributed by atoms with van der Waals surface area (Å²) in [5.41, 5.74) is 2.75. The third kappa shape index (κ3) is 4.16. The van der Waals surface area contributed by atoms with Crippen LogP contribution in [0.4, 0.5) is 5.69 Å². The fraction of sp³-hybridized carbons (Fsp3) is 0.211. The highest BCUT2D eigenvalue weighted by Crippen LogP contribution is 2.37. The van der Waals surface area contributed by atoms with Gasteiger partial charge in [0.15, 0.2) is 17.0 Å². The van der Waals surface area contributed by atoms with Crippen LogP contribution in [0, 0.1) is 0 Å². The molecule has 1 aliphatic heterocycles. The van der Waals surface area contributed by atoms with Gasteiger partial charge in [0.2, 0.25) is 0 Å². The molecule has 26 heavy (non-hydrogen) atoms. The number of hydrogen-bond acceptors (Lipinski definition) is 5. The van der Waals surface area contributed by atoms with E-state index >= 15 is 0 Å². The number of anilines is 1. The topological polar surface area (TPSA) is 70.6 Å². The number of nitrogens with one attached hydrogen (secondary N) is 2. The summed E-state index contributed by atoms with van der Waals surface area (Å²) in [6.45, 7) is 2.11. The molecule has 136 valence electrons. The van der Waals surface area contributed by atoms with E-state index in [1.54, 1.807) is 18.2 Å². The predicted molar refractivity (Wildman–Crippen MR) is 109 cm³/mol. The van der Waals surface area contributed by atoms with Crippen molar-refractivity contribution in [1.82, 2.24) is 5.32 Å². The van der Waals surface area contributed by atoms with E-state index in [-0.39, 0.29) is 17.2 Å². The third-order valence-electron chi connectivity index (χ3n) is 3.96. The quantitative estimate of drug-likeness (QED) is 0.611. The van der Waals surface area contributed by atoms with Crippen LogP contribution < -0.4 is 15.4 Å². The molecule has 1 atom stereocenters. The average molecular weight is 435 g/mol. The minimum atomic E-state index is -0.233. The molecule has 1 heterocycles. The molecule has 0 aromatic heterocycles. The molecule has 1 fully saturated rings. The Hall–Kier alpha value is -2.12. The molecule has 0 radical (unpaired) electrons. The molecule has 1 aliphatic rings. The molecule has 5 nitrogen and oxygen atoms in total. The van der Waals surface area contributed by atoms with Gasteiger partial charge in [0.05, 0.1) is 16.5 Å². The number of amides is 1. The first-order chi connectivity index (χ1) is 12.5. The second-order valence-corrected chi connectivity index (χ2v) is 7.73. The Balaban J connectivity index is 1.75. The molecule has 1 unspecified atom stereocenters. The molecule has 0 bridgehead atoms. The largest absolute Gasteiger partial charge is 0.503 e. The van der Waals surface area contributed by atoms with Crippen LogP contribution in [0.5, 0.6) is 11.5 Å². The normalized spacial score (nSPS) is 18.0. The van der Waals surface area contributed by atoms with Crippen LogP contribution >= 0.6 is 27.7 Å². The zero-order chi connectivity index (χ0) is 18.7. The van der Waals surface area contributed by atoms with Crippen molar-refractivity contribution in [1.29, 1.82) is 0 Å². The SMILES string of the molecule is CCc1ccc(NC2NC(=O)/C(=C/c3cc(Br)c(O)c(OC)c3)S2)cc1. The van der Waals surface area contributed by atoms with Crippen molar-refractivity contribution in [3.8, 4) is 11.5 Å². The molecule has 0 aliphatic carbocycles. The van der Waals surface area contributed by atoms with E-state index in [0.29, 0.717) is 15.1 Å². The van der Waals surface area contributed by atoms with E-state index in [4.69, 9.17) is 4.74 Å². The molecule has 2 aromatic carbocycles. The summed E-state index contributed by atoms with van der Waals surface area (Å²) in [5, 5.41) is 16.1. The summed E-state index contributed by atoms with van der Waals surface area (Å²) < 4.78 is 5.66. The Morgan fingerprint density at radius 1 is 1.35 bits per heavy atom. The van der Waals surface area contributed by atoms with E-state index in [2.05, 4.69) is 45.6 Å². The first-order valence-electron chi connectivity index (χ1n) is 8.11. The third-order valence-corrected chi connectivity index (χ3v) is 5.59. The number of aryl methyl sites for hydroxylation is 1. The summed E-state index contributed by atoms with van der Waals surface area (Å²) >= 11 is 4.70. The van der Waals surface area contributed by atoms with Crippen LogP contribution in [0.1, 0.15) is 18.1 Å². The van der Waals surface area contributed by atoms with Crippen molar-refractivity contribution < 1.29 is 14.6 Å². The van der Waals surface area contributed by atoms with Gasteiger partial charge >= 0.3 is 0 Å². The van der Waals surface area contributed by atoms with Crippen molar-refractivity contribution >= 4 is 45.4 Å². The number of aromatic hydroxyl groups is 1. The summed E-state index contributed by atoms with van der Waals surface area (Å²) in [4.78, 5) is 12.8. The van der Waals surface area contributed by atoms with Gasteiger partial charge in [-0.15, -0.1) is 0 Å². The number of carbonyl (C=O) groups excluding carboxylic acids is 1. The highest BCUT2D eigenvalue weighted by atomic mass is 79.9. The van der Waals surface area contributed by atoms with E-state index in [0.717, 1.165) is 17.7 Å². The summed E-state index contributed by atoms with van der Waals surface area (Å²) in [6, 6.07) is 11.6. The van der Waals surface area contributed by atoms with Crippen molar-refractivity contribution in [2.45, 2.75) is 18.8 Å². The molecular formula is C19H19BrN2O3S. The molecule has 0 spiro atoms. The number of thioether (sulfide) groups is 1. The minimum Gasteiger partial charge on any atom is -0.503 e. The Kier molecular flexibility index (Phi) is 5.78. The van der Waals surface area contributed by atoms with Gasteiger partial charge in [-0.05, 0) is 63.8 Å². The standard InChI is InChI=1S/C19H19BrN2O3S/c1-3-11-4-6-13(7-5-11)21-19-22-18(24)16(26-19)10-12-8-14(20)17(23)15(9-12)25-2/h4-10,19,21,23H,3H2,1-2H3,(H,22,24)/b16-10-. The van der Waals surface area contributed by atoms with Crippen LogP contribution in [0.25, 0.3) is 6.08 Å². The van der Waals surface area contributed by atoms with Crippen molar-refractivity contribution in [3.05, 3.63) is 56.9 Å². The van der Waals surface area contributed by atoms with Gasteiger partial charge in [-0.1, -0.05) is 30.8 Å². The maximum absolute atomic E-state index is 12.3. The lowest BCUT2D eigenvalue weighted by Crippen LogP contribution is -2.30. The zero-order valence-corrected chi connectivity index (χ0v) is 16.8. The van der Waals surface area contributed by atoms with Gasteiger partial charge in [0.1, 0.15) is 0 Å². The number of halogens is 1. The molecule has 1 saturated heterocycles. The molecule has 1 amide bonds. The predicted octanol–water partition coefficient (Wildman–Crippen LogP) is 4.33. The van der Waals surface area contributed by atoms with Crippen LogP contribution in [-0.2, 0) is 11.2 Å². The molecule has 3 N–H and O–H groups in total. The number of rotatable bonds is 5. The Morgan fingerprint density at radius 2 is 2.08 bits per heavy atom. The van der Waals surface area contributed by atoms with Gasteiger partial charge < -0.3 is 20.5 Å². The average Bonchev–Trinajstić information content (AvgIpc) is 2.97. The maximum atomic E-state index is 12.3. The Labute approximate surface area is 165 Å². The number of phenols is 1. The summed E-state index contributed by atoms with van der Waals surface area (Å²) in [7, 11) is 1.49. The molecule has 2 aromatic rings. The lowest BCUT2D eigenvalue weighted by molar-refractivity contribution is -0.116. The van der Waals surface area contributed by atoms with E-state index in [9.17, 15) is 9.90 Å². The second-order valence-electron chi connectivity index (χ2n) is 5.73. The van der Waals surface area contributed by atoms with E-state index < -0.39 is 0 Å². The van der Waals surface area contributed by atoms with Crippen LogP contribution in [0.2, 0.25) is 0 Å². The minimum absolute atomic E-state index is 0.0354. The smallest absolute Gasteiger partial charge is 0.260 e. The van der Waals surface area contributed by atoms with E-state index in [1.807, 2.05) is 12.1 Å². The molecule has 7 heteroatoms. The highest BCUT2D eigenvalue weighted by molar-refractivity contribution is 9.10. The monoisotopic (exact) mass is 434 g/mol. The first kappa shape index (κ1) is 18.7. The number of carbonyl (C=O) groups is 1. The van der Waals surface area contributed by atoms with Gasteiger partial charge in [0, 0.05) is 5.69 Å². The van der Waals surface area contributed by atoms with E-state index in [1.165, 1.54) is 24.4 Å². The summed E-state index contributed by atoms with van der Waals surface area (Å²) in [5.74, 6) is 0.245. The molecule has 0 saturated carbocycles. The Bertz CT molecular complexity index is 853. The lowest BCUT2D eigenvalue weighted by Gasteiger charge is -2.12. The van der Waals surface area contributed by atoms with Crippen LogP contribution in [0.15, 0.2) is 45.8 Å². The van der Waals surface area contributed by atoms with Gasteiger partial charge in [-0.2, -0.15) is 0 Å². The second kappa shape index (κ2) is 8.05. The van der Waals surface area contributed by atoms with Crippen LogP contribution in [0.3, 0.4) is 0 Å². The zero-order valence-electron chi connectivity index (χ0n) is 14.4. The lowest BCUT2D eigenvalue weighted by atomic mass is 10.1. The maximum Gasteiger partial charge on any atom is 0.260 e. The highest BCUT2D eigenvalue weighted by Gasteiger charge is 2.27. The molecular weight excluding hydrogens is 416 g/mol. The van der Waals surface area contributed by atoms with Gasteiger partial charge in [-0.25, -0.2) is 0 Å². The summed E-state index contributed by atoms with van der Waals surface area (Å²) in [6.07, 6.45) is 2.77. The number of benzene rings is 2. The number of phenolic OH excluding ortho intramolecular Hbond substituents is 1.